The number of hydrogen-bond donors (Lipinski definition) is 2. The number of likely N-dealkylation sites (N-methyl/N-ethyl adjacent to an activating group) is 1. The Balaban J connectivity index is 1.92. The van der Waals surface area contributed by atoms with Crippen LogP contribution in [0.15, 0.2) is 0 Å². The molecule has 0 aromatic rings. The molecule has 0 bridgehead atoms. The van der Waals surface area contributed by atoms with E-state index in [0.29, 0.717) is 12.6 Å². The van der Waals surface area contributed by atoms with Crippen molar-refractivity contribution >= 4 is 5.91 Å². The summed E-state index contributed by atoms with van der Waals surface area (Å²) < 4.78 is 0. The highest BCUT2D eigenvalue weighted by atomic mass is 16.2. The minimum absolute atomic E-state index is 0.136. The first-order chi connectivity index (χ1) is 7.26. The van der Waals surface area contributed by atoms with E-state index in [-0.39, 0.29) is 5.91 Å². The van der Waals surface area contributed by atoms with Crippen LogP contribution in [0.25, 0.3) is 0 Å². The third kappa shape index (κ3) is 5.74. The van der Waals surface area contributed by atoms with Crippen LogP contribution in [-0.2, 0) is 4.79 Å². The van der Waals surface area contributed by atoms with E-state index in [9.17, 15) is 4.79 Å². The smallest absolute Gasteiger partial charge is 0.234 e. The molecule has 1 fully saturated rings. The lowest BCUT2D eigenvalue weighted by Crippen LogP contribution is -2.38. The zero-order valence-corrected chi connectivity index (χ0v) is 9.88. The van der Waals surface area contributed by atoms with Gasteiger partial charge in [0.05, 0.1) is 6.54 Å². The van der Waals surface area contributed by atoms with Gasteiger partial charge in [0.2, 0.25) is 5.91 Å². The minimum Gasteiger partial charge on any atom is -0.352 e. The molecule has 0 unspecified atom stereocenters. The van der Waals surface area contributed by atoms with Gasteiger partial charge in [-0.1, -0.05) is 13.8 Å². The molecule has 0 aromatic heterocycles. The zero-order chi connectivity index (χ0) is 11.1. The summed E-state index contributed by atoms with van der Waals surface area (Å²) in [5.74, 6) is 0.136. The number of hydrogen-bond acceptors (Lipinski definition) is 3. The summed E-state index contributed by atoms with van der Waals surface area (Å²) >= 11 is 0. The van der Waals surface area contributed by atoms with Crippen molar-refractivity contribution in [3.05, 3.63) is 0 Å². The van der Waals surface area contributed by atoms with Crippen molar-refractivity contribution in [2.24, 2.45) is 0 Å². The molecule has 1 amide bonds. The highest BCUT2D eigenvalue weighted by Crippen LogP contribution is 2.17. The van der Waals surface area contributed by atoms with E-state index in [1.807, 2.05) is 0 Å². The van der Waals surface area contributed by atoms with E-state index in [0.717, 1.165) is 39.0 Å². The molecule has 2 N–H and O–H groups in total. The van der Waals surface area contributed by atoms with E-state index in [1.54, 1.807) is 0 Å². The summed E-state index contributed by atoms with van der Waals surface area (Å²) in [7, 11) is 0. The molecule has 1 rings (SSSR count). The van der Waals surface area contributed by atoms with Crippen molar-refractivity contribution in [2.75, 3.05) is 32.7 Å². The Morgan fingerprint density at radius 1 is 1.33 bits per heavy atom. The molecule has 88 valence electrons. The lowest BCUT2D eigenvalue weighted by molar-refractivity contribution is -0.120. The predicted molar refractivity (Wildman–Crippen MR) is 61.8 cm³/mol. The molecule has 0 spiro atoms. The molecule has 1 saturated carbocycles. The SMILES string of the molecule is CCN(CC)CCNCC(=O)NC1CC1. The first kappa shape index (κ1) is 12.5. The van der Waals surface area contributed by atoms with Gasteiger partial charge in [0.25, 0.3) is 0 Å². The molecule has 1 aliphatic carbocycles. The highest BCUT2D eigenvalue weighted by Gasteiger charge is 2.22. The van der Waals surface area contributed by atoms with Gasteiger partial charge >= 0.3 is 0 Å². The number of rotatable bonds is 8. The maximum Gasteiger partial charge on any atom is 0.234 e. The summed E-state index contributed by atoms with van der Waals surface area (Å²) in [4.78, 5) is 13.6. The van der Waals surface area contributed by atoms with Gasteiger partial charge in [-0.15, -0.1) is 0 Å². The molecule has 0 aromatic carbocycles. The summed E-state index contributed by atoms with van der Waals surface area (Å²) in [6, 6.07) is 0.474. The zero-order valence-electron chi connectivity index (χ0n) is 9.88. The maximum atomic E-state index is 11.3. The minimum atomic E-state index is 0.136. The largest absolute Gasteiger partial charge is 0.352 e. The van der Waals surface area contributed by atoms with Crippen LogP contribution in [0.1, 0.15) is 26.7 Å². The molecular formula is C11H23N3O. The van der Waals surface area contributed by atoms with Crippen LogP contribution in [-0.4, -0.2) is 49.6 Å². The van der Waals surface area contributed by atoms with Gasteiger partial charge in [0.15, 0.2) is 0 Å². The number of nitrogens with one attached hydrogen (secondary N) is 2. The van der Waals surface area contributed by atoms with Gasteiger partial charge < -0.3 is 15.5 Å². The second-order valence-corrected chi connectivity index (χ2v) is 4.05. The monoisotopic (exact) mass is 213 g/mol. The average molecular weight is 213 g/mol. The molecule has 4 heteroatoms. The first-order valence-corrected chi connectivity index (χ1v) is 5.98. The van der Waals surface area contributed by atoms with E-state index < -0.39 is 0 Å². The van der Waals surface area contributed by atoms with Crippen LogP contribution in [0.3, 0.4) is 0 Å². The van der Waals surface area contributed by atoms with Crippen molar-refractivity contribution in [3.8, 4) is 0 Å². The van der Waals surface area contributed by atoms with Crippen molar-refractivity contribution in [2.45, 2.75) is 32.7 Å². The van der Waals surface area contributed by atoms with Crippen molar-refractivity contribution in [3.63, 3.8) is 0 Å². The van der Waals surface area contributed by atoms with E-state index in [4.69, 9.17) is 0 Å². The Bertz CT molecular complexity index is 188. The molecule has 0 aliphatic heterocycles. The quantitative estimate of drug-likeness (QED) is 0.566. The Morgan fingerprint density at radius 2 is 2.00 bits per heavy atom. The van der Waals surface area contributed by atoms with Crippen LogP contribution in [0.4, 0.5) is 0 Å². The number of carbonyl (C=O) groups is 1. The van der Waals surface area contributed by atoms with Gasteiger partial charge in [-0.05, 0) is 25.9 Å². The lowest BCUT2D eigenvalue weighted by atomic mass is 10.4. The Hall–Kier alpha value is -0.610. The number of carbonyl (C=O) groups excluding carboxylic acids is 1. The first-order valence-electron chi connectivity index (χ1n) is 5.98. The third-order valence-corrected chi connectivity index (χ3v) is 2.73. The molecule has 0 radical (unpaired) electrons. The molecule has 1 aliphatic rings. The highest BCUT2D eigenvalue weighted by molar-refractivity contribution is 5.78. The second-order valence-electron chi connectivity index (χ2n) is 4.05. The van der Waals surface area contributed by atoms with Crippen LogP contribution >= 0.6 is 0 Å². The Kier molecular flexibility index (Phi) is 5.65. The van der Waals surface area contributed by atoms with Gasteiger partial charge in [0.1, 0.15) is 0 Å². The summed E-state index contributed by atoms with van der Waals surface area (Å²) in [6.45, 7) is 8.83. The van der Waals surface area contributed by atoms with E-state index in [1.165, 1.54) is 0 Å². The molecule has 0 heterocycles. The summed E-state index contributed by atoms with van der Waals surface area (Å²) in [5.41, 5.74) is 0. The van der Waals surface area contributed by atoms with Gasteiger partial charge in [0, 0.05) is 19.1 Å². The van der Waals surface area contributed by atoms with Crippen LogP contribution in [0.5, 0.6) is 0 Å². The van der Waals surface area contributed by atoms with Gasteiger partial charge in [-0.25, -0.2) is 0 Å². The molecule has 0 saturated heterocycles. The fourth-order valence-corrected chi connectivity index (χ4v) is 1.49. The molecular weight excluding hydrogens is 190 g/mol. The maximum absolute atomic E-state index is 11.3. The van der Waals surface area contributed by atoms with Gasteiger partial charge in [-0.3, -0.25) is 4.79 Å². The standard InChI is InChI=1S/C11H23N3O/c1-3-14(4-2)8-7-12-9-11(15)13-10-5-6-10/h10,12H,3-9H2,1-2H3,(H,13,15). The van der Waals surface area contributed by atoms with Crippen molar-refractivity contribution < 1.29 is 4.79 Å². The number of amides is 1. The van der Waals surface area contributed by atoms with Crippen LogP contribution in [0.2, 0.25) is 0 Å². The van der Waals surface area contributed by atoms with Crippen molar-refractivity contribution in [1.82, 2.24) is 15.5 Å². The Morgan fingerprint density at radius 3 is 2.53 bits per heavy atom. The molecule has 0 atom stereocenters. The second kappa shape index (κ2) is 6.80. The fraction of sp³-hybridized carbons (Fsp3) is 0.909. The lowest BCUT2D eigenvalue weighted by Gasteiger charge is -2.17. The van der Waals surface area contributed by atoms with E-state index in [2.05, 4.69) is 29.4 Å². The van der Waals surface area contributed by atoms with Gasteiger partial charge in [-0.2, -0.15) is 0 Å². The predicted octanol–water partition coefficient (Wildman–Crippen LogP) is 0.196. The average Bonchev–Trinajstić information content (AvgIpc) is 3.02. The van der Waals surface area contributed by atoms with Crippen LogP contribution in [0, 0.1) is 0 Å². The third-order valence-electron chi connectivity index (χ3n) is 2.73. The summed E-state index contributed by atoms with van der Waals surface area (Å²) in [5, 5.41) is 6.12. The van der Waals surface area contributed by atoms with E-state index >= 15 is 0 Å². The van der Waals surface area contributed by atoms with Crippen molar-refractivity contribution in [1.29, 1.82) is 0 Å². The normalized spacial score (nSPS) is 15.7. The molecule has 4 nitrogen and oxygen atoms in total. The fourth-order valence-electron chi connectivity index (χ4n) is 1.49. The van der Waals surface area contributed by atoms with Crippen LogP contribution < -0.4 is 10.6 Å². The topological polar surface area (TPSA) is 44.4 Å². The molecule has 15 heavy (non-hydrogen) atoms. The summed E-state index contributed by atoms with van der Waals surface area (Å²) in [6.07, 6.45) is 2.32. The number of nitrogens with zero attached hydrogens (tertiary/aromatic N) is 1. The Labute approximate surface area is 92.4 Å².